The van der Waals surface area contributed by atoms with Crippen LogP contribution in [0.25, 0.3) is 0 Å². The van der Waals surface area contributed by atoms with Gasteiger partial charge in [-0.15, -0.1) is 0 Å². The number of esters is 1. The van der Waals surface area contributed by atoms with Crippen molar-refractivity contribution in [2.45, 2.75) is 38.6 Å². The molecule has 0 spiro atoms. The summed E-state index contributed by atoms with van der Waals surface area (Å²) in [6.45, 7) is 1.88. The minimum Gasteiger partial charge on any atom is -0.457 e. The van der Waals surface area contributed by atoms with Crippen molar-refractivity contribution in [1.29, 1.82) is 0 Å². The number of para-hydroxylation sites is 1. The van der Waals surface area contributed by atoms with E-state index in [0.717, 1.165) is 19.3 Å². The van der Waals surface area contributed by atoms with Crippen LogP contribution in [-0.4, -0.2) is 24.5 Å². The van der Waals surface area contributed by atoms with Crippen molar-refractivity contribution in [2.24, 2.45) is 5.92 Å². The van der Waals surface area contributed by atoms with Gasteiger partial charge < -0.3 is 14.8 Å². The molecular formula is C22H25NO4. The van der Waals surface area contributed by atoms with Crippen LogP contribution in [0.2, 0.25) is 0 Å². The van der Waals surface area contributed by atoms with Gasteiger partial charge in [-0.05, 0) is 49.1 Å². The number of carbonyl (C=O) groups excluding carboxylic acids is 2. The zero-order valence-electron chi connectivity index (χ0n) is 15.5. The monoisotopic (exact) mass is 367 g/mol. The van der Waals surface area contributed by atoms with Gasteiger partial charge in [0.1, 0.15) is 11.5 Å². The summed E-state index contributed by atoms with van der Waals surface area (Å²) in [6.07, 6.45) is 4.45. The van der Waals surface area contributed by atoms with Crippen molar-refractivity contribution in [3.63, 3.8) is 0 Å². The molecule has 2 atom stereocenters. The Hall–Kier alpha value is -2.82. The van der Waals surface area contributed by atoms with E-state index < -0.39 is 5.97 Å². The number of amides is 1. The Morgan fingerprint density at radius 2 is 1.74 bits per heavy atom. The van der Waals surface area contributed by atoms with Gasteiger partial charge in [0.25, 0.3) is 5.91 Å². The lowest BCUT2D eigenvalue weighted by molar-refractivity contribution is -0.125. The first kappa shape index (κ1) is 19.0. The fourth-order valence-electron chi connectivity index (χ4n) is 3.30. The zero-order valence-corrected chi connectivity index (χ0v) is 15.5. The van der Waals surface area contributed by atoms with Gasteiger partial charge in [-0.1, -0.05) is 44.0 Å². The molecule has 0 unspecified atom stereocenters. The molecule has 0 bridgehead atoms. The molecule has 0 radical (unpaired) electrons. The van der Waals surface area contributed by atoms with Gasteiger partial charge in [-0.25, -0.2) is 4.79 Å². The van der Waals surface area contributed by atoms with Gasteiger partial charge >= 0.3 is 5.97 Å². The number of hydrogen-bond donors (Lipinski definition) is 1. The minimum absolute atomic E-state index is 0.174. The molecule has 5 heteroatoms. The Labute approximate surface area is 159 Å². The van der Waals surface area contributed by atoms with E-state index >= 15 is 0 Å². The van der Waals surface area contributed by atoms with Crippen molar-refractivity contribution in [3.8, 4) is 11.5 Å². The molecule has 1 fully saturated rings. The predicted octanol–water partition coefficient (Wildman–Crippen LogP) is 4.33. The third-order valence-corrected chi connectivity index (χ3v) is 4.84. The highest BCUT2D eigenvalue weighted by Crippen LogP contribution is 2.24. The van der Waals surface area contributed by atoms with Crippen molar-refractivity contribution in [3.05, 3.63) is 60.2 Å². The normalized spacial score (nSPS) is 19.1. The highest BCUT2D eigenvalue weighted by Gasteiger charge is 2.23. The maximum absolute atomic E-state index is 12.3. The topological polar surface area (TPSA) is 64.6 Å². The van der Waals surface area contributed by atoms with Crippen molar-refractivity contribution in [2.75, 3.05) is 6.61 Å². The lowest BCUT2D eigenvalue weighted by atomic mass is 9.86. The van der Waals surface area contributed by atoms with E-state index in [9.17, 15) is 9.59 Å². The van der Waals surface area contributed by atoms with Gasteiger partial charge in [0.05, 0.1) is 5.56 Å². The van der Waals surface area contributed by atoms with Crippen LogP contribution < -0.4 is 10.1 Å². The Bertz CT molecular complexity index is 775. The lowest BCUT2D eigenvalue weighted by Crippen LogP contribution is -2.42. The highest BCUT2D eigenvalue weighted by molar-refractivity contribution is 5.91. The van der Waals surface area contributed by atoms with Gasteiger partial charge in [-0.2, -0.15) is 0 Å². The average Bonchev–Trinajstić information content (AvgIpc) is 2.69. The molecule has 3 rings (SSSR count). The van der Waals surface area contributed by atoms with E-state index in [2.05, 4.69) is 12.2 Å². The molecule has 1 aliphatic carbocycles. The van der Waals surface area contributed by atoms with Crippen molar-refractivity contribution >= 4 is 11.9 Å². The maximum Gasteiger partial charge on any atom is 0.338 e. The van der Waals surface area contributed by atoms with Gasteiger partial charge in [0, 0.05) is 6.04 Å². The number of carbonyl (C=O) groups is 2. The Balaban J connectivity index is 1.52. The number of hydrogen-bond acceptors (Lipinski definition) is 4. The number of ether oxygens (including phenoxy) is 2. The Morgan fingerprint density at radius 3 is 2.52 bits per heavy atom. The second-order valence-corrected chi connectivity index (χ2v) is 6.95. The molecule has 2 aromatic carbocycles. The summed E-state index contributed by atoms with van der Waals surface area (Å²) < 4.78 is 10.9. The number of benzene rings is 2. The fourth-order valence-corrected chi connectivity index (χ4v) is 3.30. The van der Waals surface area contributed by atoms with Crippen LogP contribution in [0.5, 0.6) is 11.5 Å². The molecule has 0 saturated heterocycles. The molecule has 0 aromatic heterocycles. The first-order chi connectivity index (χ1) is 13.1. The Morgan fingerprint density at radius 1 is 1.00 bits per heavy atom. The summed E-state index contributed by atoms with van der Waals surface area (Å²) in [5, 5.41) is 2.98. The minimum atomic E-state index is -0.541. The molecule has 0 aliphatic heterocycles. The first-order valence-electron chi connectivity index (χ1n) is 9.41. The molecule has 2 aromatic rings. The van der Waals surface area contributed by atoms with Gasteiger partial charge in [-0.3, -0.25) is 4.79 Å². The van der Waals surface area contributed by atoms with Crippen molar-refractivity contribution < 1.29 is 19.1 Å². The highest BCUT2D eigenvalue weighted by atomic mass is 16.5. The Kier molecular flexibility index (Phi) is 6.47. The third kappa shape index (κ3) is 5.58. The molecule has 1 N–H and O–H groups in total. The van der Waals surface area contributed by atoms with Gasteiger partial charge in [0.2, 0.25) is 0 Å². The first-order valence-corrected chi connectivity index (χ1v) is 9.41. The molecule has 5 nitrogen and oxygen atoms in total. The second kappa shape index (κ2) is 9.21. The van der Waals surface area contributed by atoms with Crippen LogP contribution in [0.3, 0.4) is 0 Å². The maximum atomic E-state index is 12.3. The van der Waals surface area contributed by atoms with E-state index in [4.69, 9.17) is 9.47 Å². The molecule has 0 heterocycles. The summed E-state index contributed by atoms with van der Waals surface area (Å²) in [4.78, 5) is 24.3. The second-order valence-electron chi connectivity index (χ2n) is 6.95. The summed E-state index contributed by atoms with van der Waals surface area (Å²) >= 11 is 0. The van der Waals surface area contributed by atoms with Crippen LogP contribution in [-0.2, 0) is 9.53 Å². The third-order valence-electron chi connectivity index (χ3n) is 4.84. The summed E-state index contributed by atoms with van der Waals surface area (Å²) in [6, 6.07) is 16.2. The molecule has 1 aliphatic rings. The van der Waals surface area contributed by atoms with Crippen LogP contribution in [0.4, 0.5) is 0 Å². The smallest absolute Gasteiger partial charge is 0.338 e. The zero-order chi connectivity index (χ0) is 19.1. The molecular weight excluding hydrogens is 342 g/mol. The van der Waals surface area contributed by atoms with Crippen LogP contribution in [0, 0.1) is 5.92 Å². The summed E-state index contributed by atoms with van der Waals surface area (Å²) in [5.74, 6) is 0.893. The number of rotatable bonds is 6. The quantitative estimate of drug-likeness (QED) is 0.772. The predicted molar refractivity (Wildman–Crippen MR) is 103 cm³/mol. The fraction of sp³-hybridized carbons (Fsp3) is 0.364. The van der Waals surface area contributed by atoms with E-state index in [0.29, 0.717) is 23.0 Å². The largest absolute Gasteiger partial charge is 0.457 e. The van der Waals surface area contributed by atoms with E-state index in [1.807, 2.05) is 30.3 Å². The number of nitrogens with one attached hydrogen (secondary N) is 1. The van der Waals surface area contributed by atoms with Crippen LogP contribution >= 0.6 is 0 Å². The van der Waals surface area contributed by atoms with Crippen LogP contribution in [0.15, 0.2) is 54.6 Å². The molecule has 1 saturated carbocycles. The van der Waals surface area contributed by atoms with Crippen molar-refractivity contribution in [1.82, 2.24) is 5.32 Å². The van der Waals surface area contributed by atoms with E-state index in [1.54, 1.807) is 24.3 Å². The average molecular weight is 367 g/mol. The standard InChI is InChI=1S/C22H25NO4/c1-16-8-5-6-13-20(16)23-21(24)15-26-22(25)17-9-7-12-19(14-17)27-18-10-3-2-4-11-18/h2-4,7,9-12,14,16,20H,5-6,8,13,15H2,1H3,(H,23,24)/t16-,20-/m1/s1. The summed E-state index contributed by atoms with van der Waals surface area (Å²) in [5.41, 5.74) is 0.349. The molecule has 1 amide bonds. The molecule has 27 heavy (non-hydrogen) atoms. The van der Waals surface area contributed by atoms with E-state index in [1.165, 1.54) is 6.42 Å². The van der Waals surface area contributed by atoms with E-state index in [-0.39, 0.29) is 18.6 Å². The lowest BCUT2D eigenvalue weighted by Gasteiger charge is -2.29. The van der Waals surface area contributed by atoms with Crippen LogP contribution in [0.1, 0.15) is 43.0 Å². The molecule has 142 valence electrons. The SMILES string of the molecule is C[C@@H]1CCCC[C@H]1NC(=O)COC(=O)c1cccc(Oc2ccccc2)c1. The summed E-state index contributed by atoms with van der Waals surface area (Å²) in [7, 11) is 0. The van der Waals surface area contributed by atoms with Gasteiger partial charge in [0.15, 0.2) is 6.61 Å².